The smallest absolute Gasteiger partial charge is 0.269 e. The Morgan fingerprint density at radius 1 is 1.00 bits per heavy atom. The van der Waals surface area contributed by atoms with Crippen molar-refractivity contribution in [1.29, 1.82) is 0 Å². The molecule has 9 heteroatoms. The fourth-order valence-electron chi connectivity index (χ4n) is 3.94. The first-order valence-electron chi connectivity index (χ1n) is 11.5. The van der Waals surface area contributed by atoms with E-state index in [1.54, 1.807) is 13.0 Å². The summed E-state index contributed by atoms with van der Waals surface area (Å²) in [5.41, 5.74) is 1.03. The van der Waals surface area contributed by atoms with Crippen molar-refractivity contribution in [3.8, 4) is 0 Å². The summed E-state index contributed by atoms with van der Waals surface area (Å²) < 4.78 is 26.5. The highest BCUT2D eigenvalue weighted by atomic mass is 32.2. The van der Waals surface area contributed by atoms with Crippen LogP contribution in [-0.4, -0.2) is 60.5 Å². The van der Waals surface area contributed by atoms with E-state index in [0.717, 1.165) is 12.0 Å². The first kappa shape index (κ1) is 25.4. The molecule has 0 aliphatic carbocycles. The Labute approximate surface area is 201 Å². The van der Waals surface area contributed by atoms with Crippen molar-refractivity contribution in [2.24, 2.45) is 0 Å². The van der Waals surface area contributed by atoms with Gasteiger partial charge in [0.25, 0.3) is 15.9 Å². The minimum Gasteiger partial charge on any atom is -0.352 e. The Balaban J connectivity index is 1.86. The lowest BCUT2D eigenvalue weighted by atomic mass is 10.1. The van der Waals surface area contributed by atoms with Gasteiger partial charge in [-0.2, -0.15) is 0 Å². The summed E-state index contributed by atoms with van der Waals surface area (Å²) in [5.74, 6) is -1.62. The van der Waals surface area contributed by atoms with Crippen molar-refractivity contribution >= 4 is 27.7 Å². The van der Waals surface area contributed by atoms with Crippen molar-refractivity contribution in [3.63, 3.8) is 0 Å². The van der Waals surface area contributed by atoms with Crippen LogP contribution in [0.2, 0.25) is 0 Å². The standard InChI is InChI=1S/C25H31N3O5S/c1-4-18(3)26-24(30)21(5-2)27(16-15-19-11-7-6-8-12-19)23(29)17-28-25(31)20-13-9-10-14-22(20)34(28,32)33/h6-14,18,21H,4-5,15-17H2,1-3H3,(H,26,30)/t18-,21+/m0/s1. The summed E-state index contributed by atoms with van der Waals surface area (Å²) in [5, 5.41) is 2.92. The summed E-state index contributed by atoms with van der Waals surface area (Å²) in [6, 6.07) is 14.6. The second kappa shape index (κ2) is 10.8. The van der Waals surface area contributed by atoms with E-state index in [1.807, 2.05) is 44.2 Å². The number of rotatable bonds is 10. The van der Waals surface area contributed by atoms with E-state index in [-0.39, 0.29) is 29.0 Å². The molecule has 0 bridgehead atoms. The number of fused-ring (bicyclic) bond motifs is 1. The SMILES string of the molecule is CC[C@H](C(=O)N[C@@H](C)CC)N(CCc1ccccc1)C(=O)CN1C(=O)c2ccccc2S1(=O)=O. The van der Waals surface area contributed by atoms with Gasteiger partial charge in [0.2, 0.25) is 11.8 Å². The van der Waals surface area contributed by atoms with E-state index in [0.29, 0.717) is 17.1 Å². The predicted molar refractivity (Wildman–Crippen MR) is 128 cm³/mol. The molecule has 1 aliphatic rings. The minimum absolute atomic E-state index is 0.0488. The summed E-state index contributed by atoms with van der Waals surface area (Å²) in [7, 11) is -4.13. The van der Waals surface area contributed by atoms with E-state index in [1.165, 1.54) is 23.1 Å². The monoisotopic (exact) mass is 485 g/mol. The van der Waals surface area contributed by atoms with Crippen LogP contribution >= 0.6 is 0 Å². The Kier molecular flexibility index (Phi) is 8.09. The molecule has 3 amide bonds. The first-order valence-corrected chi connectivity index (χ1v) is 12.9. The number of carbonyl (C=O) groups excluding carboxylic acids is 3. The Morgan fingerprint density at radius 3 is 2.26 bits per heavy atom. The molecule has 0 saturated heterocycles. The zero-order chi connectivity index (χ0) is 24.9. The lowest BCUT2D eigenvalue weighted by molar-refractivity contribution is -0.140. The molecule has 0 saturated carbocycles. The minimum atomic E-state index is -4.13. The number of nitrogens with zero attached hydrogens (tertiary/aromatic N) is 2. The molecule has 0 radical (unpaired) electrons. The van der Waals surface area contributed by atoms with Gasteiger partial charge in [0.15, 0.2) is 0 Å². The van der Waals surface area contributed by atoms with E-state index in [4.69, 9.17) is 0 Å². The van der Waals surface area contributed by atoms with Crippen molar-refractivity contribution < 1.29 is 22.8 Å². The molecule has 2 aromatic rings. The summed E-state index contributed by atoms with van der Waals surface area (Å²) >= 11 is 0. The van der Waals surface area contributed by atoms with Crippen LogP contribution in [0.3, 0.4) is 0 Å². The molecule has 0 aromatic heterocycles. The Morgan fingerprint density at radius 2 is 1.65 bits per heavy atom. The van der Waals surface area contributed by atoms with Crippen LogP contribution in [0.5, 0.6) is 0 Å². The molecule has 1 aliphatic heterocycles. The highest BCUT2D eigenvalue weighted by Crippen LogP contribution is 2.30. The molecule has 0 unspecified atom stereocenters. The van der Waals surface area contributed by atoms with Crippen LogP contribution in [0.15, 0.2) is 59.5 Å². The fraction of sp³-hybridized carbons (Fsp3) is 0.400. The van der Waals surface area contributed by atoms with Gasteiger partial charge < -0.3 is 10.2 Å². The molecule has 0 spiro atoms. The zero-order valence-corrected chi connectivity index (χ0v) is 20.5. The van der Waals surface area contributed by atoms with Crippen molar-refractivity contribution in [3.05, 3.63) is 65.7 Å². The molecular formula is C25H31N3O5S. The molecule has 1 N–H and O–H groups in total. The van der Waals surface area contributed by atoms with E-state index in [9.17, 15) is 22.8 Å². The highest BCUT2D eigenvalue weighted by Gasteiger charge is 2.43. The van der Waals surface area contributed by atoms with Gasteiger partial charge in [-0.25, -0.2) is 12.7 Å². The van der Waals surface area contributed by atoms with Crippen molar-refractivity contribution in [2.75, 3.05) is 13.1 Å². The third kappa shape index (κ3) is 5.30. The van der Waals surface area contributed by atoms with Crippen LogP contribution in [0, 0.1) is 0 Å². The zero-order valence-electron chi connectivity index (χ0n) is 19.7. The average molecular weight is 486 g/mol. The van der Waals surface area contributed by atoms with Crippen LogP contribution in [0.1, 0.15) is 49.5 Å². The van der Waals surface area contributed by atoms with Gasteiger partial charge >= 0.3 is 0 Å². The quantitative estimate of drug-likeness (QED) is 0.557. The van der Waals surface area contributed by atoms with Gasteiger partial charge in [-0.15, -0.1) is 0 Å². The molecule has 2 aromatic carbocycles. The van der Waals surface area contributed by atoms with Crippen LogP contribution in [-0.2, 0) is 26.0 Å². The number of carbonyl (C=O) groups is 3. The number of hydrogen-bond acceptors (Lipinski definition) is 5. The van der Waals surface area contributed by atoms with Gasteiger partial charge in [0.1, 0.15) is 17.5 Å². The van der Waals surface area contributed by atoms with E-state index >= 15 is 0 Å². The van der Waals surface area contributed by atoms with Crippen LogP contribution < -0.4 is 5.32 Å². The highest BCUT2D eigenvalue weighted by molar-refractivity contribution is 7.90. The van der Waals surface area contributed by atoms with Crippen LogP contribution in [0.4, 0.5) is 0 Å². The largest absolute Gasteiger partial charge is 0.352 e. The lowest BCUT2D eigenvalue weighted by Gasteiger charge is -2.32. The third-order valence-electron chi connectivity index (χ3n) is 6.06. The van der Waals surface area contributed by atoms with Gasteiger partial charge in [-0.3, -0.25) is 14.4 Å². The van der Waals surface area contributed by atoms with E-state index in [2.05, 4.69) is 5.32 Å². The van der Waals surface area contributed by atoms with Gasteiger partial charge in [-0.1, -0.05) is 56.3 Å². The number of hydrogen-bond donors (Lipinski definition) is 1. The Hall–Kier alpha value is -3.20. The van der Waals surface area contributed by atoms with Gasteiger partial charge in [-0.05, 0) is 43.9 Å². The molecule has 3 rings (SSSR count). The molecule has 1 heterocycles. The van der Waals surface area contributed by atoms with Crippen molar-refractivity contribution in [2.45, 2.75) is 57.0 Å². The molecular weight excluding hydrogens is 454 g/mol. The molecule has 34 heavy (non-hydrogen) atoms. The number of amides is 3. The second-order valence-corrected chi connectivity index (χ2v) is 10.2. The maximum atomic E-state index is 13.5. The number of sulfonamides is 1. The Bertz CT molecular complexity index is 1150. The summed E-state index contributed by atoms with van der Waals surface area (Å²) in [6.45, 7) is 5.19. The fourth-order valence-corrected chi connectivity index (χ4v) is 5.46. The molecule has 0 fully saturated rings. The van der Waals surface area contributed by atoms with E-state index < -0.39 is 34.4 Å². The summed E-state index contributed by atoms with van der Waals surface area (Å²) in [6.07, 6.45) is 1.57. The lowest BCUT2D eigenvalue weighted by Crippen LogP contribution is -2.54. The number of benzene rings is 2. The normalized spacial score (nSPS) is 16.0. The average Bonchev–Trinajstić information content (AvgIpc) is 3.02. The van der Waals surface area contributed by atoms with Gasteiger partial charge in [0.05, 0.1) is 5.56 Å². The summed E-state index contributed by atoms with van der Waals surface area (Å²) in [4.78, 5) is 40.6. The molecule has 2 atom stereocenters. The first-order chi connectivity index (χ1) is 16.2. The van der Waals surface area contributed by atoms with Gasteiger partial charge in [0, 0.05) is 12.6 Å². The topological polar surface area (TPSA) is 104 Å². The predicted octanol–water partition coefficient (Wildman–Crippen LogP) is 2.60. The second-order valence-electron chi connectivity index (χ2n) is 8.38. The molecule has 182 valence electrons. The molecule has 8 nitrogen and oxygen atoms in total. The van der Waals surface area contributed by atoms with Crippen LogP contribution in [0.25, 0.3) is 0 Å². The maximum Gasteiger partial charge on any atom is 0.269 e. The number of nitrogens with one attached hydrogen (secondary N) is 1. The van der Waals surface area contributed by atoms with Crippen molar-refractivity contribution in [1.82, 2.24) is 14.5 Å². The third-order valence-corrected chi connectivity index (χ3v) is 7.85. The maximum absolute atomic E-state index is 13.5.